The van der Waals surface area contributed by atoms with Crippen LogP contribution >= 0.6 is 0 Å². The molecule has 2 nitrogen and oxygen atoms in total. The Morgan fingerprint density at radius 3 is 2.00 bits per heavy atom. The molecule has 0 atom stereocenters. The van der Waals surface area contributed by atoms with Crippen LogP contribution in [0.15, 0.2) is 48.5 Å². The highest BCUT2D eigenvalue weighted by molar-refractivity contribution is 5.90. The average Bonchev–Trinajstić information content (AvgIpc) is 2.57. The molecule has 0 heterocycles. The molecule has 3 rings (SSSR count). The molecule has 2 aromatic rings. The van der Waals surface area contributed by atoms with Gasteiger partial charge in [0.1, 0.15) is 11.9 Å². The minimum absolute atomic E-state index is 0.0676. The molecular weight excluding hydrogens is 279 g/mol. The van der Waals surface area contributed by atoms with Crippen LogP contribution in [0.1, 0.15) is 42.5 Å². The van der Waals surface area contributed by atoms with Crippen molar-refractivity contribution in [1.29, 1.82) is 0 Å². The number of rotatable bonds is 3. The molecule has 22 heavy (non-hydrogen) atoms. The van der Waals surface area contributed by atoms with E-state index in [-0.39, 0.29) is 17.9 Å². The van der Waals surface area contributed by atoms with Gasteiger partial charge in [-0.2, -0.15) is 0 Å². The second-order valence-electron chi connectivity index (χ2n) is 5.75. The molecule has 0 spiro atoms. The van der Waals surface area contributed by atoms with Crippen molar-refractivity contribution in [2.24, 2.45) is 0 Å². The zero-order valence-corrected chi connectivity index (χ0v) is 12.4. The summed E-state index contributed by atoms with van der Waals surface area (Å²) in [5.41, 5.74) is 2.44. The van der Waals surface area contributed by atoms with Crippen LogP contribution in [-0.2, 0) is 4.74 Å². The monoisotopic (exact) mass is 298 g/mol. The summed E-state index contributed by atoms with van der Waals surface area (Å²) in [5.74, 6) is -0.506. The average molecular weight is 298 g/mol. The summed E-state index contributed by atoms with van der Waals surface area (Å²) in [7, 11) is 0. The third kappa shape index (κ3) is 3.53. The molecule has 0 N–H and O–H groups in total. The molecule has 1 aliphatic rings. The van der Waals surface area contributed by atoms with Crippen molar-refractivity contribution in [3.63, 3.8) is 0 Å². The van der Waals surface area contributed by atoms with Crippen molar-refractivity contribution >= 4 is 5.97 Å². The number of hydrogen-bond donors (Lipinski definition) is 0. The lowest BCUT2D eigenvalue weighted by Gasteiger charge is -2.21. The fourth-order valence-corrected chi connectivity index (χ4v) is 2.84. The topological polar surface area (TPSA) is 26.3 Å². The Balaban J connectivity index is 1.68. The largest absolute Gasteiger partial charge is 0.459 e. The van der Waals surface area contributed by atoms with E-state index in [1.165, 1.54) is 18.6 Å². The van der Waals surface area contributed by atoms with E-state index in [9.17, 15) is 9.18 Å². The van der Waals surface area contributed by atoms with E-state index in [1.807, 2.05) is 12.1 Å². The molecular formula is C19H19FO2. The minimum atomic E-state index is -0.253. The van der Waals surface area contributed by atoms with E-state index in [1.54, 1.807) is 24.3 Å². The molecule has 3 heteroatoms. The van der Waals surface area contributed by atoms with E-state index in [2.05, 4.69) is 0 Å². The summed E-state index contributed by atoms with van der Waals surface area (Å²) in [6.45, 7) is 0. The van der Waals surface area contributed by atoms with Crippen molar-refractivity contribution < 1.29 is 13.9 Å². The van der Waals surface area contributed by atoms with E-state index in [4.69, 9.17) is 4.74 Å². The second kappa shape index (κ2) is 6.73. The lowest BCUT2D eigenvalue weighted by Crippen LogP contribution is -2.20. The Kier molecular flexibility index (Phi) is 4.52. The smallest absolute Gasteiger partial charge is 0.338 e. The highest BCUT2D eigenvalue weighted by Crippen LogP contribution is 2.23. The van der Waals surface area contributed by atoms with Crippen LogP contribution in [0.25, 0.3) is 11.1 Å². The summed E-state index contributed by atoms with van der Waals surface area (Å²) in [5, 5.41) is 0. The molecule has 114 valence electrons. The zero-order valence-electron chi connectivity index (χ0n) is 12.4. The Morgan fingerprint density at radius 1 is 0.864 bits per heavy atom. The molecule has 0 saturated heterocycles. The van der Waals surface area contributed by atoms with Crippen molar-refractivity contribution in [2.45, 2.75) is 38.2 Å². The Bertz CT molecular complexity index is 625. The first kappa shape index (κ1) is 14.8. The van der Waals surface area contributed by atoms with Crippen molar-refractivity contribution in [3.8, 4) is 11.1 Å². The number of hydrogen-bond acceptors (Lipinski definition) is 2. The van der Waals surface area contributed by atoms with Crippen LogP contribution in [0.3, 0.4) is 0 Å². The van der Waals surface area contributed by atoms with Gasteiger partial charge in [0, 0.05) is 0 Å². The fourth-order valence-electron chi connectivity index (χ4n) is 2.84. The fraction of sp³-hybridized carbons (Fsp3) is 0.316. The van der Waals surface area contributed by atoms with Gasteiger partial charge in [0.05, 0.1) is 5.56 Å². The first-order valence-electron chi connectivity index (χ1n) is 7.79. The maximum Gasteiger partial charge on any atom is 0.338 e. The van der Waals surface area contributed by atoms with E-state index >= 15 is 0 Å². The molecule has 0 amide bonds. The summed E-state index contributed by atoms with van der Waals surface area (Å²) < 4.78 is 18.5. The van der Waals surface area contributed by atoms with E-state index in [0.717, 1.165) is 36.8 Å². The predicted molar refractivity (Wildman–Crippen MR) is 84.1 cm³/mol. The highest BCUT2D eigenvalue weighted by atomic mass is 19.1. The van der Waals surface area contributed by atoms with Crippen LogP contribution in [0.5, 0.6) is 0 Å². The summed E-state index contributed by atoms with van der Waals surface area (Å²) in [4.78, 5) is 12.1. The minimum Gasteiger partial charge on any atom is -0.459 e. The summed E-state index contributed by atoms with van der Waals surface area (Å²) >= 11 is 0. The number of carbonyl (C=O) groups excluding carboxylic acids is 1. The van der Waals surface area contributed by atoms with Crippen LogP contribution < -0.4 is 0 Å². The van der Waals surface area contributed by atoms with Crippen LogP contribution in [0.2, 0.25) is 0 Å². The van der Waals surface area contributed by atoms with Gasteiger partial charge in [-0.15, -0.1) is 0 Å². The third-order valence-electron chi connectivity index (χ3n) is 4.12. The number of benzene rings is 2. The van der Waals surface area contributed by atoms with Gasteiger partial charge >= 0.3 is 5.97 Å². The molecule has 0 aliphatic heterocycles. The van der Waals surface area contributed by atoms with Crippen molar-refractivity contribution in [3.05, 3.63) is 59.9 Å². The lowest BCUT2D eigenvalue weighted by molar-refractivity contribution is 0.0211. The Labute approximate surface area is 129 Å². The predicted octanol–water partition coefficient (Wildman–Crippen LogP) is 4.98. The number of halogens is 1. The first-order chi connectivity index (χ1) is 10.7. The normalized spacial score (nSPS) is 15.5. The molecule has 0 unspecified atom stereocenters. The highest BCUT2D eigenvalue weighted by Gasteiger charge is 2.18. The SMILES string of the molecule is O=C(OC1CCCCC1)c1ccc(-c2ccc(F)cc2)cc1. The van der Waals surface area contributed by atoms with Crippen LogP contribution in [0, 0.1) is 5.82 Å². The van der Waals surface area contributed by atoms with Gasteiger partial charge in [-0.1, -0.05) is 30.7 Å². The molecule has 1 aliphatic carbocycles. The van der Waals surface area contributed by atoms with Crippen LogP contribution in [-0.4, -0.2) is 12.1 Å². The van der Waals surface area contributed by atoms with Gasteiger partial charge < -0.3 is 4.74 Å². The van der Waals surface area contributed by atoms with Gasteiger partial charge in [-0.05, 0) is 61.1 Å². The second-order valence-corrected chi connectivity index (χ2v) is 5.75. The molecule has 0 radical (unpaired) electrons. The van der Waals surface area contributed by atoms with Gasteiger partial charge in [-0.3, -0.25) is 0 Å². The maximum absolute atomic E-state index is 12.9. The summed E-state index contributed by atoms with van der Waals surface area (Å²) in [6.07, 6.45) is 5.53. The zero-order chi connectivity index (χ0) is 15.4. The van der Waals surface area contributed by atoms with Gasteiger partial charge in [-0.25, -0.2) is 9.18 Å². The first-order valence-corrected chi connectivity index (χ1v) is 7.79. The number of ether oxygens (including phenoxy) is 1. The maximum atomic E-state index is 12.9. The molecule has 0 aromatic heterocycles. The van der Waals surface area contributed by atoms with Crippen molar-refractivity contribution in [2.75, 3.05) is 0 Å². The quantitative estimate of drug-likeness (QED) is 0.747. The Morgan fingerprint density at radius 2 is 1.41 bits per heavy atom. The molecule has 0 bridgehead atoms. The van der Waals surface area contributed by atoms with Gasteiger partial charge in [0.15, 0.2) is 0 Å². The van der Waals surface area contributed by atoms with Crippen molar-refractivity contribution in [1.82, 2.24) is 0 Å². The molecule has 2 aromatic carbocycles. The standard InChI is InChI=1S/C19H19FO2/c20-17-12-10-15(11-13-17)14-6-8-16(9-7-14)19(21)22-18-4-2-1-3-5-18/h6-13,18H,1-5H2. The van der Waals surface area contributed by atoms with E-state index < -0.39 is 0 Å². The van der Waals surface area contributed by atoms with Crippen LogP contribution in [0.4, 0.5) is 4.39 Å². The van der Waals surface area contributed by atoms with Gasteiger partial charge in [0.2, 0.25) is 0 Å². The van der Waals surface area contributed by atoms with E-state index in [0.29, 0.717) is 5.56 Å². The number of esters is 1. The lowest BCUT2D eigenvalue weighted by atomic mass is 9.98. The third-order valence-corrected chi connectivity index (χ3v) is 4.12. The number of carbonyl (C=O) groups is 1. The molecule has 1 saturated carbocycles. The summed E-state index contributed by atoms with van der Waals surface area (Å²) in [6, 6.07) is 13.6. The molecule has 1 fully saturated rings. The Hall–Kier alpha value is -2.16. The van der Waals surface area contributed by atoms with Gasteiger partial charge in [0.25, 0.3) is 0 Å².